The highest BCUT2D eigenvalue weighted by Crippen LogP contribution is 2.43. The van der Waals surface area contributed by atoms with Crippen LogP contribution in [0.2, 0.25) is 0 Å². The fraction of sp³-hybridized carbons (Fsp3) is 0.286. The number of primary amides is 1. The monoisotopic (exact) mass is 518 g/mol. The van der Waals surface area contributed by atoms with Crippen LogP contribution in [-0.2, 0) is 17.9 Å². The molecular weight excluding hydrogens is 498 g/mol. The van der Waals surface area contributed by atoms with Crippen LogP contribution in [-0.4, -0.2) is 41.3 Å². The molecular formula is C21H20F2N8O4S. The Morgan fingerprint density at radius 2 is 2.03 bits per heavy atom. The van der Waals surface area contributed by atoms with Gasteiger partial charge in [0.05, 0.1) is 16.8 Å². The maximum Gasteiger partial charge on any atom is 0.309 e. The van der Waals surface area contributed by atoms with Gasteiger partial charge in [-0.1, -0.05) is 0 Å². The van der Waals surface area contributed by atoms with Crippen LogP contribution < -0.4 is 11.1 Å². The summed E-state index contributed by atoms with van der Waals surface area (Å²) in [4.78, 5) is 39.6. The first-order valence-electron chi connectivity index (χ1n) is 10.6. The third-order valence-corrected chi connectivity index (χ3v) is 6.61. The Labute approximate surface area is 205 Å². The van der Waals surface area contributed by atoms with Crippen LogP contribution in [0.25, 0.3) is 21.3 Å². The van der Waals surface area contributed by atoms with E-state index in [1.165, 1.54) is 19.2 Å². The number of nitrogens with one attached hydrogen (secondary N) is 1. The molecule has 188 valence electrons. The Hall–Kier alpha value is -4.27. The van der Waals surface area contributed by atoms with E-state index in [2.05, 4.69) is 20.5 Å². The highest BCUT2D eigenvalue weighted by molar-refractivity contribution is 7.21. The molecule has 4 aromatic rings. The molecule has 0 unspecified atom stereocenters. The van der Waals surface area contributed by atoms with Gasteiger partial charge in [-0.2, -0.15) is 10.2 Å². The van der Waals surface area contributed by atoms with Crippen LogP contribution in [0.4, 0.5) is 20.2 Å². The first-order chi connectivity index (χ1) is 17.0. The molecule has 0 aliphatic rings. The number of nitrogens with two attached hydrogens (primary N) is 1. The van der Waals surface area contributed by atoms with E-state index in [0.29, 0.717) is 23.4 Å². The number of thiophene rings is 1. The number of nitrogens with zero attached hydrogens (tertiary/aromatic N) is 6. The van der Waals surface area contributed by atoms with Crippen molar-refractivity contribution in [2.75, 3.05) is 5.32 Å². The quantitative estimate of drug-likeness (QED) is 0.266. The number of alkyl halides is 2. The first kappa shape index (κ1) is 24.8. The number of aryl methyl sites for hydroxylation is 2. The molecule has 0 aromatic carbocycles. The summed E-state index contributed by atoms with van der Waals surface area (Å²) in [5.41, 5.74) is 6.43. The number of fused-ring (bicyclic) bond motifs is 1. The lowest BCUT2D eigenvalue weighted by atomic mass is 10.0. The molecule has 0 saturated carbocycles. The van der Waals surface area contributed by atoms with E-state index in [9.17, 15) is 28.5 Å². The number of halogens is 2. The van der Waals surface area contributed by atoms with Gasteiger partial charge in [0.25, 0.3) is 12.3 Å². The number of aromatic nitrogens is 5. The van der Waals surface area contributed by atoms with Crippen molar-refractivity contribution in [1.82, 2.24) is 24.5 Å². The van der Waals surface area contributed by atoms with Crippen molar-refractivity contribution in [2.45, 2.75) is 40.3 Å². The van der Waals surface area contributed by atoms with Crippen molar-refractivity contribution in [2.24, 2.45) is 5.73 Å². The summed E-state index contributed by atoms with van der Waals surface area (Å²) < 4.78 is 30.1. The lowest BCUT2D eigenvalue weighted by Gasteiger charge is -2.11. The maximum atomic E-state index is 13.7. The first-order valence-corrected chi connectivity index (χ1v) is 11.4. The lowest BCUT2D eigenvalue weighted by Crippen LogP contribution is -2.21. The van der Waals surface area contributed by atoms with Crippen LogP contribution in [0, 0.1) is 24.0 Å². The number of amides is 2. The van der Waals surface area contributed by atoms with E-state index in [4.69, 9.17) is 5.73 Å². The van der Waals surface area contributed by atoms with Gasteiger partial charge in [0.15, 0.2) is 0 Å². The lowest BCUT2D eigenvalue weighted by molar-refractivity contribution is -0.385. The van der Waals surface area contributed by atoms with Crippen LogP contribution in [0.15, 0.2) is 18.5 Å². The van der Waals surface area contributed by atoms with E-state index in [1.54, 1.807) is 11.6 Å². The standard InChI is InChI=1S/C21H20F2N8O4S/c1-4-30-10(3)12(6-25-30)11-5-13(19(22)23)26-21-16(11)17(18(36-21)20(24)33)27-15(32)8-29-7-14(31(34)35)9(2)28-29/h5-7,19H,4,8H2,1-3H3,(H2,24,33)(H,27,32). The SMILES string of the molecule is CCn1ncc(-c2cc(C(F)F)nc3sc(C(N)=O)c(NC(=O)Cn4cc([N+](=O)[O-])c(C)n4)c23)c1C. The molecule has 12 nitrogen and oxygen atoms in total. The molecule has 0 aliphatic carbocycles. The van der Waals surface area contributed by atoms with Gasteiger partial charge in [-0.15, -0.1) is 11.3 Å². The number of rotatable bonds is 8. The Balaban J connectivity index is 1.85. The summed E-state index contributed by atoms with van der Waals surface area (Å²) in [6.07, 6.45) is -0.257. The second-order valence-electron chi connectivity index (χ2n) is 7.81. The smallest absolute Gasteiger partial charge is 0.309 e. The Kier molecular flexibility index (Phi) is 6.49. The number of anilines is 1. The number of pyridine rings is 1. The predicted octanol–water partition coefficient (Wildman–Crippen LogP) is 3.58. The van der Waals surface area contributed by atoms with E-state index < -0.39 is 35.4 Å². The van der Waals surface area contributed by atoms with Gasteiger partial charge in [-0.25, -0.2) is 13.8 Å². The minimum Gasteiger partial charge on any atom is -0.365 e. The molecule has 2 amide bonds. The van der Waals surface area contributed by atoms with Gasteiger partial charge in [0.1, 0.15) is 33.8 Å². The predicted molar refractivity (Wildman–Crippen MR) is 127 cm³/mol. The second kappa shape index (κ2) is 9.41. The molecule has 3 N–H and O–H groups in total. The summed E-state index contributed by atoms with van der Waals surface area (Å²) in [5, 5.41) is 22.2. The Morgan fingerprint density at radius 3 is 2.58 bits per heavy atom. The largest absolute Gasteiger partial charge is 0.365 e. The average molecular weight is 519 g/mol. The van der Waals surface area contributed by atoms with Crippen molar-refractivity contribution in [3.63, 3.8) is 0 Å². The zero-order valence-electron chi connectivity index (χ0n) is 19.3. The number of carbonyl (C=O) groups excluding carboxylic acids is 2. The Bertz CT molecular complexity index is 1520. The van der Waals surface area contributed by atoms with Gasteiger partial charge in [0.2, 0.25) is 5.91 Å². The number of nitro groups is 1. The summed E-state index contributed by atoms with van der Waals surface area (Å²) in [7, 11) is 0. The van der Waals surface area contributed by atoms with Gasteiger partial charge >= 0.3 is 5.69 Å². The zero-order chi connectivity index (χ0) is 26.3. The number of hydrogen-bond acceptors (Lipinski definition) is 8. The summed E-state index contributed by atoms with van der Waals surface area (Å²) in [6, 6.07) is 1.20. The van der Waals surface area contributed by atoms with Crippen molar-refractivity contribution < 1.29 is 23.3 Å². The molecule has 0 bridgehead atoms. The zero-order valence-corrected chi connectivity index (χ0v) is 20.1. The van der Waals surface area contributed by atoms with Crippen LogP contribution >= 0.6 is 11.3 Å². The third kappa shape index (κ3) is 4.39. The van der Waals surface area contributed by atoms with Gasteiger partial charge in [0, 0.05) is 23.2 Å². The Morgan fingerprint density at radius 1 is 1.31 bits per heavy atom. The van der Waals surface area contributed by atoms with Gasteiger partial charge in [-0.3, -0.25) is 29.1 Å². The van der Waals surface area contributed by atoms with Crippen molar-refractivity contribution in [1.29, 1.82) is 0 Å². The van der Waals surface area contributed by atoms with E-state index in [-0.39, 0.29) is 32.2 Å². The van der Waals surface area contributed by atoms with Crippen molar-refractivity contribution >= 4 is 44.7 Å². The number of carbonyl (C=O) groups is 2. The average Bonchev–Trinajstić information content (AvgIpc) is 3.47. The van der Waals surface area contributed by atoms with Crippen LogP contribution in [0.3, 0.4) is 0 Å². The van der Waals surface area contributed by atoms with Gasteiger partial charge in [-0.05, 0) is 32.4 Å². The number of hydrogen-bond donors (Lipinski definition) is 2. The summed E-state index contributed by atoms with van der Waals surface area (Å²) in [5.74, 6) is -1.55. The highest BCUT2D eigenvalue weighted by Gasteiger charge is 2.26. The molecule has 4 heterocycles. The summed E-state index contributed by atoms with van der Waals surface area (Å²) in [6.45, 7) is 5.21. The van der Waals surface area contributed by atoms with Crippen molar-refractivity contribution in [3.05, 3.63) is 50.5 Å². The molecule has 0 atom stereocenters. The van der Waals surface area contributed by atoms with E-state index >= 15 is 0 Å². The minimum absolute atomic E-state index is 0.0119. The molecule has 0 radical (unpaired) electrons. The topological polar surface area (TPSA) is 164 Å². The molecule has 0 aliphatic heterocycles. The highest BCUT2D eigenvalue weighted by atomic mass is 32.1. The second-order valence-corrected chi connectivity index (χ2v) is 8.81. The van der Waals surface area contributed by atoms with E-state index in [1.807, 2.05) is 6.92 Å². The molecule has 4 aromatic heterocycles. The molecule has 15 heteroatoms. The van der Waals surface area contributed by atoms with Gasteiger partial charge < -0.3 is 11.1 Å². The van der Waals surface area contributed by atoms with Crippen LogP contribution in [0.1, 0.15) is 40.1 Å². The van der Waals surface area contributed by atoms with E-state index in [0.717, 1.165) is 22.2 Å². The third-order valence-electron chi connectivity index (χ3n) is 5.51. The molecule has 36 heavy (non-hydrogen) atoms. The van der Waals surface area contributed by atoms with Crippen LogP contribution in [0.5, 0.6) is 0 Å². The summed E-state index contributed by atoms with van der Waals surface area (Å²) >= 11 is 0.777. The minimum atomic E-state index is -2.88. The fourth-order valence-corrected chi connectivity index (χ4v) is 4.87. The fourth-order valence-electron chi connectivity index (χ4n) is 3.86. The maximum absolute atomic E-state index is 13.7. The normalized spacial score (nSPS) is 11.4. The molecule has 0 spiro atoms. The molecule has 0 saturated heterocycles. The molecule has 0 fully saturated rings. The molecule has 4 rings (SSSR count). The van der Waals surface area contributed by atoms with Crippen molar-refractivity contribution in [3.8, 4) is 11.1 Å².